The molecule has 2 rings (SSSR count). The van der Waals surface area contributed by atoms with Gasteiger partial charge >= 0.3 is 5.97 Å². The number of carbonyl (C=O) groups is 1. The maximum absolute atomic E-state index is 11.6. The molecule has 0 aliphatic carbocycles. The molecule has 0 aliphatic heterocycles. The van der Waals surface area contributed by atoms with Gasteiger partial charge in [-0.05, 0) is 46.2 Å². The topological polar surface area (TPSA) is 26.3 Å². The van der Waals surface area contributed by atoms with Crippen LogP contribution in [0.3, 0.4) is 0 Å². The Labute approximate surface area is 120 Å². The molecule has 0 saturated heterocycles. The highest BCUT2D eigenvalue weighted by molar-refractivity contribution is 14.1. The molecule has 18 heavy (non-hydrogen) atoms. The molecule has 0 radical (unpaired) electrons. The number of esters is 1. The molecule has 92 valence electrons. The van der Waals surface area contributed by atoms with Crippen LogP contribution in [0.5, 0.6) is 0 Å². The Balaban J connectivity index is 2.32. The van der Waals surface area contributed by atoms with E-state index in [0.717, 1.165) is 15.6 Å². The van der Waals surface area contributed by atoms with Gasteiger partial charge in [-0.25, -0.2) is 4.79 Å². The maximum Gasteiger partial charge on any atom is 0.338 e. The van der Waals surface area contributed by atoms with Gasteiger partial charge in [0.05, 0.1) is 12.7 Å². The second kappa shape index (κ2) is 6.00. The van der Waals surface area contributed by atoms with Crippen molar-refractivity contribution in [3.8, 4) is 0 Å². The van der Waals surface area contributed by atoms with Crippen LogP contribution in [0.2, 0.25) is 0 Å². The summed E-state index contributed by atoms with van der Waals surface area (Å²) in [7, 11) is 1.41. The Hall–Kier alpha value is -1.36. The molecule has 0 heterocycles. The first-order chi connectivity index (χ1) is 8.72. The SMILES string of the molecule is COC(=O)c1cccc(Cc2ccccc2)c1I. The minimum absolute atomic E-state index is 0.283. The lowest BCUT2D eigenvalue weighted by atomic mass is 10.0. The minimum atomic E-state index is -0.283. The van der Waals surface area contributed by atoms with Gasteiger partial charge in [0.25, 0.3) is 0 Å². The van der Waals surface area contributed by atoms with E-state index in [9.17, 15) is 4.79 Å². The number of benzene rings is 2. The van der Waals surface area contributed by atoms with E-state index in [-0.39, 0.29) is 5.97 Å². The number of carbonyl (C=O) groups excluding carboxylic acids is 1. The molecular weight excluding hydrogens is 339 g/mol. The predicted molar refractivity (Wildman–Crippen MR) is 79.7 cm³/mol. The summed E-state index contributed by atoms with van der Waals surface area (Å²) in [6.45, 7) is 0. The van der Waals surface area contributed by atoms with Gasteiger partial charge in [0.15, 0.2) is 0 Å². The Morgan fingerprint density at radius 2 is 1.83 bits per heavy atom. The molecular formula is C15H13IO2. The summed E-state index contributed by atoms with van der Waals surface area (Å²) >= 11 is 2.21. The normalized spacial score (nSPS) is 10.1. The molecule has 0 bridgehead atoms. The second-order valence-corrected chi connectivity index (χ2v) is 5.01. The summed E-state index contributed by atoms with van der Waals surface area (Å²) < 4.78 is 5.74. The van der Waals surface area contributed by atoms with Crippen molar-refractivity contribution < 1.29 is 9.53 Å². The zero-order chi connectivity index (χ0) is 13.0. The predicted octanol–water partition coefficient (Wildman–Crippen LogP) is 3.67. The fourth-order valence-corrected chi connectivity index (χ4v) is 2.57. The molecule has 2 aromatic rings. The van der Waals surface area contributed by atoms with Gasteiger partial charge in [0.1, 0.15) is 0 Å². The highest BCUT2D eigenvalue weighted by Gasteiger charge is 2.12. The van der Waals surface area contributed by atoms with Crippen molar-refractivity contribution in [1.29, 1.82) is 0 Å². The van der Waals surface area contributed by atoms with E-state index < -0.39 is 0 Å². The van der Waals surface area contributed by atoms with E-state index in [4.69, 9.17) is 4.74 Å². The summed E-state index contributed by atoms with van der Waals surface area (Å²) in [6.07, 6.45) is 0.823. The number of hydrogen-bond donors (Lipinski definition) is 0. The third kappa shape index (κ3) is 2.90. The summed E-state index contributed by atoms with van der Waals surface area (Å²) in [5.41, 5.74) is 3.01. The third-order valence-electron chi connectivity index (χ3n) is 2.72. The van der Waals surface area contributed by atoms with Crippen LogP contribution < -0.4 is 0 Å². The van der Waals surface area contributed by atoms with E-state index in [1.54, 1.807) is 6.07 Å². The van der Waals surface area contributed by atoms with Crippen LogP contribution in [-0.2, 0) is 11.2 Å². The van der Waals surface area contributed by atoms with Crippen LogP contribution in [0.4, 0.5) is 0 Å². The Bertz CT molecular complexity index is 550. The van der Waals surface area contributed by atoms with Crippen LogP contribution in [0.15, 0.2) is 48.5 Å². The summed E-state index contributed by atoms with van der Waals surface area (Å²) in [5.74, 6) is -0.283. The van der Waals surface area contributed by atoms with Crippen molar-refractivity contribution >= 4 is 28.6 Å². The van der Waals surface area contributed by atoms with Gasteiger partial charge in [-0.3, -0.25) is 0 Å². The van der Waals surface area contributed by atoms with Gasteiger partial charge in [0, 0.05) is 3.57 Å². The van der Waals surface area contributed by atoms with Crippen molar-refractivity contribution in [1.82, 2.24) is 0 Å². The van der Waals surface area contributed by atoms with E-state index in [1.165, 1.54) is 12.7 Å². The monoisotopic (exact) mass is 352 g/mol. The molecule has 2 aromatic carbocycles. The van der Waals surface area contributed by atoms with Crippen LogP contribution in [0.25, 0.3) is 0 Å². The van der Waals surface area contributed by atoms with Crippen LogP contribution in [0.1, 0.15) is 21.5 Å². The lowest BCUT2D eigenvalue weighted by Crippen LogP contribution is -2.06. The number of halogens is 1. The molecule has 0 unspecified atom stereocenters. The lowest BCUT2D eigenvalue weighted by molar-refractivity contribution is 0.0599. The van der Waals surface area contributed by atoms with E-state index in [2.05, 4.69) is 34.7 Å². The minimum Gasteiger partial charge on any atom is -0.465 e. The smallest absolute Gasteiger partial charge is 0.338 e. The summed E-state index contributed by atoms with van der Waals surface area (Å²) in [4.78, 5) is 11.6. The molecule has 0 spiro atoms. The third-order valence-corrected chi connectivity index (χ3v) is 4.00. The molecule has 0 saturated carbocycles. The lowest BCUT2D eigenvalue weighted by Gasteiger charge is -2.08. The molecule has 0 aromatic heterocycles. The van der Waals surface area contributed by atoms with Gasteiger partial charge in [-0.1, -0.05) is 42.5 Å². The van der Waals surface area contributed by atoms with Crippen LogP contribution in [0, 0.1) is 3.57 Å². The van der Waals surface area contributed by atoms with Gasteiger partial charge in [-0.2, -0.15) is 0 Å². The first kappa shape index (κ1) is 13.1. The fraction of sp³-hybridized carbons (Fsp3) is 0.133. The van der Waals surface area contributed by atoms with Gasteiger partial charge in [0.2, 0.25) is 0 Å². The van der Waals surface area contributed by atoms with Gasteiger partial charge in [-0.15, -0.1) is 0 Å². The number of hydrogen-bond acceptors (Lipinski definition) is 2. The zero-order valence-electron chi connectivity index (χ0n) is 10.0. The van der Waals surface area contributed by atoms with Crippen LogP contribution >= 0.6 is 22.6 Å². The molecule has 0 N–H and O–H groups in total. The molecule has 0 amide bonds. The van der Waals surface area contributed by atoms with E-state index in [0.29, 0.717) is 5.56 Å². The fourth-order valence-electron chi connectivity index (χ4n) is 1.80. The van der Waals surface area contributed by atoms with E-state index >= 15 is 0 Å². The maximum atomic E-state index is 11.6. The second-order valence-electron chi connectivity index (χ2n) is 3.93. The van der Waals surface area contributed by atoms with Gasteiger partial charge < -0.3 is 4.74 Å². The van der Waals surface area contributed by atoms with Crippen molar-refractivity contribution in [2.45, 2.75) is 6.42 Å². The van der Waals surface area contributed by atoms with Crippen molar-refractivity contribution in [3.63, 3.8) is 0 Å². The standard InChI is InChI=1S/C15H13IO2/c1-18-15(17)13-9-5-8-12(14(13)16)10-11-6-3-2-4-7-11/h2-9H,10H2,1H3. The quantitative estimate of drug-likeness (QED) is 0.623. The molecule has 0 atom stereocenters. The van der Waals surface area contributed by atoms with Crippen molar-refractivity contribution in [3.05, 3.63) is 68.8 Å². The number of ether oxygens (including phenoxy) is 1. The average molecular weight is 352 g/mol. The van der Waals surface area contributed by atoms with E-state index in [1.807, 2.05) is 30.3 Å². The zero-order valence-corrected chi connectivity index (χ0v) is 12.2. The molecule has 0 fully saturated rings. The Kier molecular flexibility index (Phi) is 4.36. The largest absolute Gasteiger partial charge is 0.465 e. The Morgan fingerprint density at radius 3 is 2.50 bits per heavy atom. The Morgan fingerprint density at radius 1 is 1.11 bits per heavy atom. The van der Waals surface area contributed by atoms with Crippen molar-refractivity contribution in [2.75, 3.05) is 7.11 Å². The molecule has 2 nitrogen and oxygen atoms in total. The first-order valence-electron chi connectivity index (χ1n) is 5.62. The summed E-state index contributed by atoms with van der Waals surface area (Å²) in [6, 6.07) is 15.9. The molecule has 0 aliphatic rings. The number of rotatable bonds is 3. The number of methoxy groups -OCH3 is 1. The molecule has 3 heteroatoms. The highest BCUT2D eigenvalue weighted by Crippen LogP contribution is 2.21. The van der Waals surface area contributed by atoms with Crippen LogP contribution in [-0.4, -0.2) is 13.1 Å². The highest BCUT2D eigenvalue weighted by atomic mass is 127. The average Bonchev–Trinajstić information content (AvgIpc) is 2.41. The van der Waals surface area contributed by atoms with Crippen molar-refractivity contribution in [2.24, 2.45) is 0 Å². The first-order valence-corrected chi connectivity index (χ1v) is 6.70. The summed E-state index contributed by atoms with van der Waals surface area (Å²) in [5, 5.41) is 0.